The zero-order chi connectivity index (χ0) is 9.84. The number of nitrogens with zero attached hydrogens (tertiary/aromatic N) is 2. The molecule has 0 aliphatic rings. The Morgan fingerprint density at radius 3 is 3.00 bits per heavy atom. The van der Waals surface area contributed by atoms with Crippen molar-refractivity contribution in [3.63, 3.8) is 0 Å². The van der Waals surface area contributed by atoms with Crippen LogP contribution in [0.4, 0.5) is 0 Å². The number of hydrogen-bond donors (Lipinski definition) is 1. The maximum Gasteiger partial charge on any atom is 0.242 e. The van der Waals surface area contributed by atoms with E-state index in [1.165, 1.54) is 0 Å². The highest BCUT2D eigenvalue weighted by molar-refractivity contribution is 6.30. The van der Waals surface area contributed by atoms with E-state index in [2.05, 4.69) is 10.4 Å². The number of amides is 1. The number of alkyl halides is 1. The van der Waals surface area contributed by atoms with Gasteiger partial charge in [0, 0.05) is 25.4 Å². The van der Waals surface area contributed by atoms with Crippen LogP contribution in [0.2, 0.25) is 0 Å². The summed E-state index contributed by atoms with van der Waals surface area (Å²) in [6.07, 6.45) is 3.32. The van der Waals surface area contributed by atoms with Gasteiger partial charge in [-0.1, -0.05) is 0 Å². The summed E-state index contributed by atoms with van der Waals surface area (Å²) in [6, 6.07) is 0. The third kappa shape index (κ3) is 2.45. The molecule has 1 rings (SSSR count). The van der Waals surface area contributed by atoms with Gasteiger partial charge >= 0.3 is 0 Å². The second-order valence-electron chi connectivity index (χ2n) is 2.70. The normalized spacial score (nSPS) is 12.5. The van der Waals surface area contributed by atoms with Gasteiger partial charge in [0.05, 0.1) is 6.20 Å². The molecule has 1 atom stereocenters. The van der Waals surface area contributed by atoms with Crippen LogP contribution in [0.15, 0.2) is 12.4 Å². The summed E-state index contributed by atoms with van der Waals surface area (Å²) in [5.41, 5.74) is 0.718. The van der Waals surface area contributed by atoms with Crippen LogP contribution >= 0.6 is 11.6 Å². The first-order valence-electron chi connectivity index (χ1n) is 4.05. The van der Waals surface area contributed by atoms with Crippen molar-refractivity contribution in [2.75, 3.05) is 6.54 Å². The van der Waals surface area contributed by atoms with Gasteiger partial charge in [-0.25, -0.2) is 0 Å². The number of carbonyl (C=O) groups excluding carboxylic acids is 1. The highest BCUT2D eigenvalue weighted by Crippen LogP contribution is 2.19. The number of aryl methyl sites for hydroxylation is 1. The number of aromatic nitrogens is 2. The number of hydrogen-bond acceptors (Lipinski definition) is 2. The monoisotopic (exact) mass is 201 g/mol. The Morgan fingerprint density at radius 2 is 2.54 bits per heavy atom. The average Bonchev–Trinajstić information content (AvgIpc) is 2.51. The fourth-order valence-corrected chi connectivity index (χ4v) is 1.18. The zero-order valence-corrected chi connectivity index (χ0v) is 8.38. The van der Waals surface area contributed by atoms with Crippen molar-refractivity contribution < 1.29 is 4.79 Å². The fourth-order valence-electron chi connectivity index (χ4n) is 0.986. The van der Waals surface area contributed by atoms with Crippen LogP contribution in [-0.2, 0) is 11.8 Å². The molecule has 0 saturated carbocycles. The number of halogens is 1. The summed E-state index contributed by atoms with van der Waals surface area (Å²) in [4.78, 5) is 11.3. The van der Waals surface area contributed by atoms with E-state index in [0.717, 1.165) is 5.56 Å². The van der Waals surface area contributed by atoms with Gasteiger partial charge in [-0.3, -0.25) is 9.48 Å². The first kappa shape index (κ1) is 10.1. The summed E-state index contributed by atoms with van der Waals surface area (Å²) in [5.74, 6) is -0.183. The van der Waals surface area contributed by atoms with Crippen LogP contribution in [0.5, 0.6) is 0 Å². The Balaban J connectivity index is 2.67. The summed E-state index contributed by atoms with van der Waals surface area (Å²) < 4.78 is 1.62. The Hall–Kier alpha value is -1.03. The van der Waals surface area contributed by atoms with Crippen molar-refractivity contribution in [3.8, 4) is 0 Å². The molecule has 1 unspecified atom stereocenters. The molecular weight excluding hydrogens is 190 g/mol. The molecule has 72 valence electrons. The van der Waals surface area contributed by atoms with E-state index in [0.29, 0.717) is 6.54 Å². The zero-order valence-electron chi connectivity index (χ0n) is 7.62. The number of carbonyl (C=O) groups is 1. The first-order valence-corrected chi connectivity index (χ1v) is 4.49. The molecule has 1 amide bonds. The van der Waals surface area contributed by atoms with Crippen molar-refractivity contribution in [2.24, 2.45) is 7.05 Å². The highest BCUT2D eigenvalue weighted by atomic mass is 35.5. The van der Waals surface area contributed by atoms with Crippen LogP contribution in [0.3, 0.4) is 0 Å². The van der Waals surface area contributed by atoms with Crippen LogP contribution in [0, 0.1) is 0 Å². The fraction of sp³-hybridized carbons (Fsp3) is 0.500. The molecule has 0 radical (unpaired) electrons. The minimum atomic E-state index is -0.645. The molecule has 0 aliphatic heterocycles. The predicted octanol–water partition coefficient (Wildman–Crippen LogP) is 0.836. The molecule has 0 aromatic carbocycles. The van der Waals surface area contributed by atoms with Crippen LogP contribution in [-0.4, -0.2) is 22.2 Å². The third-order valence-electron chi connectivity index (χ3n) is 1.60. The lowest BCUT2D eigenvalue weighted by Crippen LogP contribution is -2.26. The molecular formula is C8H12ClN3O. The molecule has 1 heterocycles. The molecule has 1 aromatic rings. The minimum Gasteiger partial charge on any atom is -0.355 e. The van der Waals surface area contributed by atoms with Gasteiger partial charge in [-0.15, -0.1) is 11.6 Å². The standard InChI is InChI=1S/C8H12ClN3O/c1-3-10-8(13)7(9)6-4-11-12(2)5-6/h4-5,7H,3H2,1-2H3,(H,10,13). The topological polar surface area (TPSA) is 46.9 Å². The van der Waals surface area contributed by atoms with Gasteiger partial charge in [0.2, 0.25) is 5.91 Å². The van der Waals surface area contributed by atoms with Crippen LogP contribution < -0.4 is 5.32 Å². The van der Waals surface area contributed by atoms with Gasteiger partial charge in [0.15, 0.2) is 0 Å². The summed E-state index contributed by atoms with van der Waals surface area (Å²) in [5, 5.41) is 5.93. The molecule has 13 heavy (non-hydrogen) atoms. The van der Waals surface area contributed by atoms with Gasteiger partial charge in [0.25, 0.3) is 0 Å². The smallest absolute Gasteiger partial charge is 0.242 e. The Morgan fingerprint density at radius 1 is 1.85 bits per heavy atom. The predicted molar refractivity (Wildman–Crippen MR) is 50.5 cm³/mol. The maximum atomic E-state index is 11.3. The molecule has 4 nitrogen and oxygen atoms in total. The van der Waals surface area contributed by atoms with Crippen molar-refractivity contribution in [2.45, 2.75) is 12.3 Å². The lowest BCUT2D eigenvalue weighted by atomic mass is 10.2. The SMILES string of the molecule is CCNC(=O)C(Cl)c1cnn(C)c1. The van der Waals surface area contributed by atoms with E-state index in [4.69, 9.17) is 11.6 Å². The lowest BCUT2D eigenvalue weighted by molar-refractivity contribution is -0.120. The second-order valence-corrected chi connectivity index (χ2v) is 3.14. The molecule has 1 N–H and O–H groups in total. The molecule has 1 aromatic heterocycles. The molecule has 0 aliphatic carbocycles. The molecule has 0 bridgehead atoms. The minimum absolute atomic E-state index is 0.183. The van der Waals surface area contributed by atoms with E-state index >= 15 is 0 Å². The number of likely N-dealkylation sites (N-methyl/N-ethyl adjacent to an activating group) is 1. The van der Waals surface area contributed by atoms with Gasteiger partial charge in [-0.05, 0) is 6.92 Å². The van der Waals surface area contributed by atoms with Gasteiger partial charge in [-0.2, -0.15) is 5.10 Å². The van der Waals surface area contributed by atoms with E-state index in [9.17, 15) is 4.79 Å². The maximum absolute atomic E-state index is 11.3. The largest absolute Gasteiger partial charge is 0.355 e. The molecule has 0 saturated heterocycles. The average molecular weight is 202 g/mol. The molecule has 5 heteroatoms. The summed E-state index contributed by atoms with van der Waals surface area (Å²) in [6.45, 7) is 2.44. The third-order valence-corrected chi connectivity index (χ3v) is 2.05. The quantitative estimate of drug-likeness (QED) is 0.737. The number of rotatable bonds is 3. The van der Waals surface area contributed by atoms with Crippen LogP contribution in [0.25, 0.3) is 0 Å². The van der Waals surface area contributed by atoms with Gasteiger partial charge in [0.1, 0.15) is 5.38 Å². The van der Waals surface area contributed by atoms with Crippen LogP contribution in [0.1, 0.15) is 17.9 Å². The van der Waals surface area contributed by atoms with Gasteiger partial charge < -0.3 is 5.32 Å². The summed E-state index contributed by atoms with van der Waals surface area (Å²) in [7, 11) is 1.78. The summed E-state index contributed by atoms with van der Waals surface area (Å²) >= 11 is 5.88. The molecule has 0 fully saturated rings. The highest BCUT2D eigenvalue weighted by Gasteiger charge is 2.17. The lowest BCUT2D eigenvalue weighted by Gasteiger charge is -2.05. The van der Waals surface area contributed by atoms with Crippen molar-refractivity contribution >= 4 is 17.5 Å². The van der Waals surface area contributed by atoms with E-state index in [1.54, 1.807) is 24.1 Å². The molecule has 0 spiro atoms. The van der Waals surface area contributed by atoms with E-state index < -0.39 is 5.38 Å². The Labute approximate surface area is 81.9 Å². The van der Waals surface area contributed by atoms with E-state index in [1.807, 2.05) is 6.92 Å². The Kier molecular flexibility index (Phi) is 3.31. The van der Waals surface area contributed by atoms with Crippen molar-refractivity contribution in [1.82, 2.24) is 15.1 Å². The van der Waals surface area contributed by atoms with Crippen molar-refractivity contribution in [3.05, 3.63) is 18.0 Å². The Bertz CT molecular complexity index is 297. The second kappa shape index (κ2) is 4.28. The first-order chi connectivity index (χ1) is 6.15. The number of nitrogens with one attached hydrogen (secondary N) is 1. The van der Waals surface area contributed by atoms with E-state index in [-0.39, 0.29) is 5.91 Å². The van der Waals surface area contributed by atoms with Crippen molar-refractivity contribution in [1.29, 1.82) is 0 Å².